The van der Waals surface area contributed by atoms with Crippen molar-refractivity contribution >= 4 is 17.1 Å². The van der Waals surface area contributed by atoms with E-state index in [0.29, 0.717) is 19.3 Å². The van der Waals surface area contributed by atoms with Crippen LogP contribution in [-0.2, 0) is 4.74 Å². The molecule has 0 N–H and O–H groups in total. The molecule has 1 unspecified atom stereocenters. The van der Waals surface area contributed by atoms with E-state index in [-0.39, 0.29) is 0 Å². The van der Waals surface area contributed by atoms with Gasteiger partial charge >= 0.3 is 0 Å². The summed E-state index contributed by atoms with van der Waals surface area (Å²) in [7, 11) is 0. The number of rotatable bonds is 4. The molecule has 0 saturated carbocycles. The van der Waals surface area contributed by atoms with Crippen molar-refractivity contribution in [1.82, 2.24) is 19.5 Å². The Bertz CT molecular complexity index is 914. The molecule has 1 aliphatic rings. The summed E-state index contributed by atoms with van der Waals surface area (Å²) in [6, 6.07) is 8.77. The topological polar surface area (TPSA) is 56.1 Å². The Hall–Kier alpha value is -2.47. The smallest absolute Gasteiger partial charge is 0.228 e. The Morgan fingerprint density at radius 3 is 2.73 bits per heavy atom. The number of benzene rings is 1. The lowest BCUT2D eigenvalue weighted by Crippen LogP contribution is -2.37. The molecule has 6 nitrogen and oxygen atoms in total. The Morgan fingerprint density at radius 2 is 2.00 bits per heavy atom. The van der Waals surface area contributed by atoms with Crippen LogP contribution in [0.25, 0.3) is 22.4 Å². The van der Waals surface area contributed by atoms with Gasteiger partial charge in [-0.1, -0.05) is 30.7 Å². The van der Waals surface area contributed by atoms with Crippen LogP contribution in [0.4, 0.5) is 5.95 Å². The van der Waals surface area contributed by atoms with Crippen LogP contribution in [0, 0.1) is 6.92 Å². The predicted octanol–water partition coefficient (Wildman–Crippen LogP) is 3.61. The van der Waals surface area contributed by atoms with Gasteiger partial charge in [0, 0.05) is 24.7 Å². The van der Waals surface area contributed by atoms with Crippen LogP contribution in [0.1, 0.15) is 31.9 Å². The SMILES string of the molecule is CCC(C)n1cnc2c(-c3cccc(C)c3)nc(N3CCOCC3)nc21. The fourth-order valence-corrected chi connectivity index (χ4v) is 3.32. The number of hydrogen-bond acceptors (Lipinski definition) is 5. The van der Waals surface area contributed by atoms with Crippen molar-refractivity contribution in [2.75, 3.05) is 31.2 Å². The van der Waals surface area contributed by atoms with Gasteiger partial charge in [0.1, 0.15) is 11.2 Å². The summed E-state index contributed by atoms with van der Waals surface area (Å²) in [5.41, 5.74) is 4.98. The molecule has 0 bridgehead atoms. The van der Waals surface area contributed by atoms with Crippen LogP contribution < -0.4 is 4.90 Å². The van der Waals surface area contributed by atoms with Crippen molar-refractivity contribution in [2.45, 2.75) is 33.2 Å². The first-order chi connectivity index (χ1) is 12.7. The summed E-state index contributed by atoms with van der Waals surface area (Å²) in [5, 5.41) is 0. The molecule has 1 fully saturated rings. The van der Waals surface area contributed by atoms with Gasteiger partial charge in [-0.2, -0.15) is 4.98 Å². The summed E-state index contributed by atoms with van der Waals surface area (Å²) >= 11 is 0. The lowest BCUT2D eigenvalue weighted by Gasteiger charge is -2.27. The molecule has 4 rings (SSSR count). The van der Waals surface area contributed by atoms with Crippen molar-refractivity contribution in [3.8, 4) is 11.3 Å². The van der Waals surface area contributed by atoms with E-state index in [1.165, 1.54) is 5.56 Å². The standard InChI is InChI=1S/C20H25N5O/c1-4-15(3)25-13-21-18-17(16-7-5-6-14(2)12-16)22-20(23-19(18)25)24-8-10-26-11-9-24/h5-7,12-13,15H,4,8-11H2,1-3H3. The van der Waals surface area contributed by atoms with Crippen LogP contribution >= 0.6 is 0 Å². The van der Waals surface area contributed by atoms with Gasteiger partial charge in [-0.15, -0.1) is 0 Å². The number of nitrogens with zero attached hydrogens (tertiary/aromatic N) is 5. The summed E-state index contributed by atoms with van der Waals surface area (Å²) in [6.45, 7) is 9.54. The van der Waals surface area contributed by atoms with Crippen LogP contribution in [0.5, 0.6) is 0 Å². The third kappa shape index (κ3) is 3.05. The molecule has 0 aliphatic carbocycles. The van der Waals surface area contributed by atoms with Gasteiger partial charge in [0.05, 0.1) is 19.5 Å². The zero-order chi connectivity index (χ0) is 18.1. The molecule has 1 saturated heterocycles. The first-order valence-corrected chi connectivity index (χ1v) is 9.31. The zero-order valence-electron chi connectivity index (χ0n) is 15.6. The van der Waals surface area contributed by atoms with Gasteiger partial charge in [-0.05, 0) is 26.3 Å². The maximum absolute atomic E-state index is 5.49. The highest BCUT2D eigenvalue weighted by Gasteiger charge is 2.21. The monoisotopic (exact) mass is 351 g/mol. The number of fused-ring (bicyclic) bond motifs is 1. The molecule has 0 spiro atoms. The van der Waals surface area contributed by atoms with Gasteiger partial charge in [0.2, 0.25) is 5.95 Å². The first-order valence-electron chi connectivity index (χ1n) is 9.31. The van der Waals surface area contributed by atoms with E-state index in [9.17, 15) is 0 Å². The van der Waals surface area contributed by atoms with Crippen molar-refractivity contribution in [2.24, 2.45) is 0 Å². The Kier molecular flexibility index (Phi) is 4.59. The molecular formula is C20H25N5O. The van der Waals surface area contributed by atoms with Crippen LogP contribution in [0.15, 0.2) is 30.6 Å². The maximum atomic E-state index is 5.49. The molecule has 0 radical (unpaired) electrons. The average molecular weight is 351 g/mol. The molecule has 3 heterocycles. The number of imidazole rings is 1. The Labute approximate surface area is 153 Å². The zero-order valence-corrected chi connectivity index (χ0v) is 15.6. The van der Waals surface area contributed by atoms with E-state index in [1.54, 1.807) is 0 Å². The van der Waals surface area contributed by atoms with Crippen molar-refractivity contribution in [1.29, 1.82) is 0 Å². The Balaban J connectivity index is 1.92. The van der Waals surface area contributed by atoms with Crippen LogP contribution in [0.2, 0.25) is 0 Å². The second-order valence-electron chi connectivity index (χ2n) is 6.92. The molecule has 2 aromatic heterocycles. The maximum Gasteiger partial charge on any atom is 0.228 e. The summed E-state index contributed by atoms with van der Waals surface area (Å²) in [5.74, 6) is 0.766. The van der Waals surface area contributed by atoms with Gasteiger partial charge in [0.15, 0.2) is 5.65 Å². The van der Waals surface area contributed by atoms with E-state index < -0.39 is 0 Å². The van der Waals surface area contributed by atoms with Crippen LogP contribution in [0.3, 0.4) is 0 Å². The highest BCUT2D eigenvalue weighted by Crippen LogP contribution is 2.30. The third-order valence-electron chi connectivity index (χ3n) is 5.06. The van der Waals surface area contributed by atoms with Gasteiger partial charge in [-0.25, -0.2) is 9.97 Å². The molecule has 1 aliphatic heterocycles. The van der Waals surface area contributed by atoms with Crippen LogP contribution in [-0.4, -0.2) is 45.8 Å². The van der Waals surface area contributed by atoms with E-state index in [1.807, 2.05) is 6.33 Å². The lowest BCUT2D eigenvalue weighted by molar-refractivity contribution is 0.122. The molecule has 1 aromatic carbocycles. The van der Waals surface area contributed by atoms with Gasteiger partial charge in [-0.3, -0.25) is 0 Å². The Morgan fingerprint density at radius 1 is 1.19 bits per heavy atom. The molecule has 3 aromatic rings. The summed E-state index contributed by atoms with van der Waals surface area (Å²) in [6.07, 6.45) is 2.93. The quantitative estimate of drug-likeness (QED) is 0.719. The minimum Gasteiger partial charge on any atom is -0.378 e. The summed E-state index contributed by atoms with van der Waals surface area (Å²) in [4.78, 5) is 16.7. The minimum absolute atomic E-state index is 0.345. The molecule has 1 atom stereocenters. The van der Waals surface area contributed by atoms with E-state index in [0.717, 1.165) is 47.9 Å². The predicted molar refractivity (Wildman–Crippen MR) is 104 cm³/mol. The number of aryl methyl sites for hydroxylation is 1. The highest BCUT2D eigenvalue weighted by atomic mass is 16.5. The van der Waals surface area contributed by atoms with Gasteiger partial charge < -0.3 is 14.2 Å². The molecule has 6 heteroatoms. The number of aromatic nitrogens is 4. The van der Waals surface area contributed by atoms with Crippen molar-refractivity contribution in [3.63, 3.8) is 0 Å². The average Bonchev–Trinajstić information content (AvgIpc) is 3.11. The number of hydrogen-bond donors (Lipinski definition) is 0. The number of morpholine rings is 1. The largest absolute Gasteiger partial charge is 0.378 e. The molecule has 136 valence electrons. The van der Waals surface area contributed by atoms with E-state index in [2.05, 4.69) is 59.5 Å². The van der Waals surface area contributed by atoms with Gasteiger partial charge in [0.25, 0.3) is 0 Å². The number of anilines is 1. The fourth-order valence-electron chi connectivity index (χ4n) is 3.32. The van der Waals surface area contributed by atoms with Crippen molar-refractivity contribution < 1.29 is 4.74 Å². The third-order valence-corrected chi connectivity index (χ3v) is 5.06. The molecule has 0 amide bonds. The molecule has 26 heavy (non-hydrogen) atoms. The summed E-state index contributed by atoms with van der Waals surface area (Å²) < 4.78 is 7.66. The number of ether oxygens (including phenoxy) is 1. The highest BCUT2D eigenvalue weighted by molar-refractivity contribution is 5.88. The minimum atomic E-state index is 0.345. The second-order valence-corrected chi connectivity index (χ2v) is 6.92. The second kappa shape index (κ2) is 7.03. The fraction of sp³-hybridized carbons (Fsp3) is 0.450. The van der Waals surface area contributed by atoms with E-state index >= 15 is 0 Å². The first kappa shape index (κ1) is 17.0. The molecular weight excluding hydrogens is 326 g/mol. The normalized spacial score (nSPS) is 16.2. The van der Waals surface area contributed by atoms with E-state index in [4.69, 9.17) is 14.7 Å². The lowest BCUT2D eigenvalue weighted by atomic mass is 10.1. The van der Waals surface area contributed by atoms with Crippen molar-refractivity contribution in [3.05, 3.63) is 36.2 Å².